The summed E-state index contributed by atoms with van der Waals surface area (Å²) in [6, 6.07) is 0. The van der Waals surface area contributed by atoms with Crippen molar-refractivity contribution in [2.75, 3.05) is 0 Å². The van der Waals surface area contributed by atoms with Gasteiger partial charge in [0.15, 0.2) is 0 Å². The molecule has 60 valence electrons. The van der Waals surface area contributed by atoms with Crippen LogP contribution in [0.1, 0.15) is 26.7 Å². The molecule has 0 aromatic carbocycles. The van der Waals surface area contributed by atoms with Crippen molar-refractivity contribution in [1.82, 2.24) is 0 Å². The van der Waals surface area contributed by atoms with Gasteiger partial charge in [-0.25, -0.2) is 4.39 Å². The highest BCUT2D eigenvalue weighted by molar-refractivity contribution is 6.21. The fourth-order valence-corrected chi connectivity index (χ4v) is 1.85. The van der Waals surface area contributed by atoms with Gasteiger partial charge in [-0.15, -0.1) is 11.6 Å². The molecule has 1 fully saturated rings. The van der Waals surface area contributed by atoms with Crippen LogP contribution >= 0.6 is 11.6 Å². The smallest absolute Gasteiger partial charge is 0.119 e. The van der Waals surface area contributed by atoms with Gasteiger partial charge in [-0.2, -0.15) is 0 Å². The van der Waals surface area contributed by atoms with Crippen LogP contribution in [0.25, 0.3) is 0 Å². The van der Waals surface area contributed by atoms with Crippen molar-refractivity contribution in [2.24, 2.45) is 11.8 Å². The second-order valence-corrected chi connectivity index (χ2v) is 3.92. The minimum absolute atomic E-state index is 0.165. The lowest BCUT2D eigenvalue weighted by molar-refractivity contribution is 0.150. The molecule has 0 N–H and O–H groups in total. The van der Waals surface area contributed by atoms with Crippen LogP contribution in [0.4, 0.5) is 4.39 Å². The topological polar surface area (TPSA) is 0 Å². The molecule has 0 amide bonds. The fraction of sp³-hybridized carbons (Fsp3) is 1.00. The van der Waals surface area contributed by atoms with Crippen molar-refractivity contribution in [1.29, 1.82) is 0 Å². The van der Waals surface area contributed by atoms with Crippen LogP contribution in [0.2, 0.25) is 0 Å². The average molecular weight is 165 g/mol. The SMILES string of the molecule is CC1CC[C@H](C)[C@H](Cl)[C@@H]1F. The Kier molecular flexibility index (Phi) is 2.56. The first-order chi connectivity index (χ1) is 4.63. The van der Waals surface area contributed by atoms with Crippen molar-refractivity contribution in [3.05, 3.63) is 0 Å². The molecule has 2 heteroatoms. The Morgan fingerprint density at radius 1 is 1.20 bits per heavy atom. The van der Waals surface area contributed by atoms with E-state index in [1.807, 2.05) is 13.8 Å². The molecule has 0 aromatic heterocycles. The van der Waals surface area contributed by atoms with Gasteiger partial charge in [0.2, 0.25) is 0 Å². The predicted octanol–water partition coefficient (Wildman–Crippen LogP) is 3.00. The van der Waals surface area contributed by atoms with E-state index in [4.69, 9.17) is 11.6 Å². The van der Waals surface area contributed by atoms with Crippen LogP contribution in [0.5, 0.6) is 0 Å². The summed E-state index contributed by atoms with van der Waals surface area (Å²) in [6.45, 7) is 3.96. The molecular formula is C8H14ClF. The van der Waals surface area contributed by atoms with E-state index in [0.717, 1.165) is 12.8 Å². The summed E-state index contributed by atoms with van der Waals surface area (Å²) in [6.07, 6.45) is 1.28. The Hall–Kier alpha value is 0.220. The zero-order chi connectivity index (χ0) is 7.72. The van der Waals surface area contributed by atoms with Crippen LogP contribution in [0, 0.1) is 11.8 Å². The van der Waals surface area contributed by atoms with Gasteiger partial charge < -0.3 is 0 Å². The van der Waals surface area contributed by atoms with Crippen LogP contribution in [0.3, 0.4) is 0 Å². The Bertz CT molecular complexity index is 102. The van der Waals surface area contributed by atoms with Gasteiger partial charge in [0.1, 0.15) is 6.17 Å². The Morgan fingerprint density at radius 2 is 1.70 bits per heavy atom. The second kappa shape index (κ2) is 3.08. The Morgan fingerprint density at radius 3 is 2.20 bits per heavy atom. The number of rotatable bonds is 0. The predicted molar refractivity (Wildman–Crippen MR) is 42.1 cm³/mol. The molecule has 1 rings (SSSR count). The number of halogens is 2. The molecule has 0 radical (unpaired) electrons. The third-order valence-corrected chi connectivity index (χ3v) is 3.14. The lowest BCUT2D eigenvalue weighted by Gasteiger charge is -2.31. The van der Waals surface area contributed by atoms with Gasteiger partial charge in [0, 0.05) is 0 Å². The molecule has 0 aliphatic heterocycles. The highest BCUT2D eigenvalue weighted by atomic mass is 35.5. The van der Waals surface area contributed by atoms with Gasteiger partial charge in [-0.3, -0.25) is 0 Å². The minimum Gasteiger partial charge on any atom is -0.246 e. The fourth-order valence-electron chi connectivity index (χ4n) is 1.47. The molecule has 0 aromatic rings. The first kappa shape index (κ1) is 8.32. The van der Waals surface area contributed by atoms with Crippen molar-refractivity contribution in [3.63, 3.8) is 0 Å². The molecule has 0 bridgehead atoms. The van der Waals surface area contributed by atoms with Crippen LogP contribution in [-0.2, 0) is 0 Å². The van der Waals surface area contributed by atoms with E-state index in [9.17, 15) is 4.39 Å². The maximum absolute atomic E-state index is 13.1. The molecule has 1 saturated carbocycles. The Labute approximate surface area is 66.8 Å². The standard InChI is InChI=1S/C8H14ClF/c1-5-3-4-6(2)8(10)7(5)9/h5-8H,3-4H2,1-2H3/t5-,6?,7-,8+/m0/s1. The molecule has 0 heterocycles. The average Bonchev–Trinajstić information content (AvgIpc) is 1.93. The lowest BCUT2D eigenvalue weighted by atomic mass is 9.82. The van der Waals surface area contributed by atoms with Crippen molar-refractivity contribution >= 4 is 11.6 Å². The van der Waals surface area contributed by atoms with E-state index in [-0.39, 0.29) is 11.3 Å². The first-order valence-electron chi connectivity index (χ1n) is 3.91. The van der Waals surface area contributed by atoms with Crippen molar-refractivity contribution in [3.8, 4) is 0 Å². The summed E-state index contributed by atoms with van der Waals surface area (Å²) in [7, 11) is 0. The van der Waals surface area contributed by atoms with Crippen molar-refractivity contribution in [2.45, 2.75) is 38.2 Å². The Balaban J connectivity index is 2.52. The highest BCUT2D eigenvalue weighted by Crippen LogP contribution is 2.34. The molecule has 0 saturated heterocycles. The minimum atomic E-state index is -0.787. The monoisotopic (exact) mass is 164 g/mol. The van der Waals surface area contributed by atoms with E-state index in [1.165, 1.54) is 0 Å². The molecule has 1 aliphatic carbocycles. The van der Waals surface area contributed by atoms with Crippen LogP contribution in [-0.4, -0.2) is 11.5 Å². The molecular weight excluding hydrogens is 151 g/mol. The van der Waals surface area contributed by atoms with E-state index in [0.29, 0.717) is 5.92 Å². The maximum Gasteiger partial charge on any atom is 0.119 e. The van der Waals surface area contributed by atoms with Crippen LogP contribution < -0.4 is 0 Å². The van der Waals surface area contributed by atoms with E-state index in [2.05, 4.69) is 0 Å². The summed E-state index contributed by atoms with van der Waals surface area (Å²) in [5.41, 5.74) is 0. The third-order valence-electron chi connectivity index (χ3n) is 2.47. The number of hydrogen-bond acceptors (Lipinski definition) is 0. The van der Waals surface area contributed by atoms with Gasteiger partial charge >= 0.3 is 0 Å². The van der Waals surface area contributed by atoms with Crippen molar-refractivity contribution < 1.29 is 4.39 Å². The third kappa shape index (κ3) is 1.45. The zero-order valence-corrected chi connectivity index (χ0v) is 7.24. The summed E-state index contributed by atoms with van der Waals surface area (Å²) < 4.78 is 13.1. The lowest BCUT2D eigenvalue weighted by Crippen LogP contribution is -2.34. The molecule has 1 unspecified atom stereocenters. The largest absolute Gasteiger partial charge is 0.246 e. The van der Waals surface area contributed by atoms with Gasteiger partial charge in [-0.05, 0) is 24.7 Å². The summed E-state index contributed by atoms with van der Waals surface area (Å²) in [5.74, 6) is 0.520. The molecule has 4 atom stereocenters. The summed E-state index contributed by atoms with van der Waals surface area (Å²) in [4.78, 5) is 0. The highest BCUT2D eigenvalue weighted by Gasteiger charge is 2.33. The molecule has 0 nitrogen and oxygen atoms in total. The van der Waals surface area contributed by atoms with Crippen LogP contribution in [0.15, 0.2) is 0 Å². The quantitative estimate of drug-likeness (QED) is 0.483. The van der Waals surface area contributed by atoms with Gasteiger partial charge in [0.25, 0.3) is 0 Å². The second-order valence-electron chi connectivity index (χ2n) is 3.42. The molecule has 1 aliphatic rings. The molecule has 0 spiro atoms. The van der Waals surface area contributed by atoms with Gasteiger partial charge in [-0.1, -0.05) is 13.8 Å². The first-order valence-corrected chi connectivity index (χ1v) is 4.34. The normalized spacial score (nSPS) is 49.2. The van der Waals surface area contributed by atoms with E-state index >= 15 is 0 Å². The summed E-state index contributed by atoms with van der Waals surface area (Å²) in [5, 5.41) is -0.247. The number of alkyl halides is 2. The maximum atomic E-state index is 13.1. The number of hydrogen-bond donors (Lipinski definition) is 0. The van der Waals surface area contributed by atoms with E-state index < -0.39 is 6.17 Å². The molecule has 10 heavy (non-hydrogen) atoms. The van der Waals surface area contributed by atoms with Gasteiger partial charge in [0.05, 0.1) is 5.38 Å². The summed E-state index contributed by atoms with van der Waals surface area (Å²) >= 11 is 5.84. The van der Waals surface area contributed by atoms with E-state index in [1.54, 1.807) is 0 Å². The zero-order valence-electron chi connectivity index (χ0n) is 6.48.